The predicted molar refractivity (Wildman–Crippen MR) is 123 cm³/mol. The Labute approximate surface area is 192 Å². The maximum atomic E-state index is 11.8. The lowest BCUT2D eigenvalue weighted by Gasteiger charge is -2.33. The number of sulfonamides is 1. The molecule has 10 heteroatoms. The van der Waals surface area contributed by atoms with Gasteiger partial charge in [0.05, 0.1) is 28.4 Å². The maximum absolute atomic E-state index is 11.8. The van der Waals surface area contributed by atoms with Gasteiger partial charge in [-0.2, -0.15) is 0 Å². The highest BCUT2D eigenvalue weighted by Crippen LogP contribution is 2.44. The van der Waals surface area contributed by atoms with E-state index < -0.39 is 16.0 Å². The molecule has 0 heterocycles. The zero-order valence-electron chi connectivity index (χ0n) is 16.4. The third-order valence-electron chi connectivity index (χ3n) is 5.14. The highest BCUT2D eigenvalue weighted by Gasteiger charge is 2.30. The van der Waals surface area contributed by atoms with E-state index in [1.54, 1.807) is 18.2 Å². The Balaban J connectivity index is 0.00000320. The average molecular weight is 494 g/mol. The van der Waals surface area contributed by atoms with Crippen molar-refractivity contribution in [3.8, 4) is 0 Å². The number of carboxylic acid groups (broad SMARTS) is 1. The van der Waals surface area contributed by atoms with Gasteiger partial charge in [-0.05, 0) is 60.3 Å². The zero-order valence-corrected chi connectivity index (χ0v) is 19.6. The summed E-state index contributed by atoms with van der Waals surface area (Å²) in [5, 5.41) is 13.5. The number of anilines is 1. The lowest BCUT2D eigenvalue weighted by atomic mass is 9.75. The molecule has 1 aliphatic carbocycles. The normalized spacial score (nSPS) is 18.3. The number of hydrogen-bond donors (Lipinski definition) is 3. The van der Waals surface area contributed by atoms with Crippen molar-refractivity contribution in [2.24, 2.45) is 0 Å². The molecule has 30 heavy (non-hydrogen) atoms. The van der Waals surface area contributed by atoms with Crippen molar-refractivity contribution in [3.63, 3.8) is 0 Å². The molecule has 0 unspecified atom stereocenters. The number of rotatable bonds is 6. The maximum Gasteiger partial charge on any atom is 0.307 e. The van der Waals surface area contributed by atoms with Crippen molar-refractivity contribution in [1.82, 2.24) is 5.32 Å². The molecule has 2 aromatic carbocycles. The van der Waals surface area contributed by atoms with E-state index in [0.717, 1.165) is 35.8 Å². The second kappa shape index (κ2) is 9.75. The highest BCUT2D eigenvalue weighted by molar-refractivity contribution is 7.92. The summed E-state index contributed by atoms with van der Waals surface area (Å²) in [5.74, 6) is -1.03. The third kappa shape index (κ3) is 5.59. The van der Waals surface area contributed by atoms with Crippen LogP contribution in [-0.4, -0.2) is 32.8 Å². The summed E-state index contributed by atoms with van der Waals surface area (Å²) < 4.78 is 26.1. The van der Waals surface area contributed by atoms with Crippen LogP contribution in [0.4, 0.5) is 5.69 Å². The predicted octanol–water partition coefficient (Wildman–Crippen LogP) is 4.60. The molecule has 0 bridgehead atoms. The van der Waals surface area contributed by atoms with E-state index in [9.17, 15) is 18.3 Å². The molecule has 0 radical (unpaired) electrons. The molecular weight excluding hydrogens is 471 g/mol. The second-order valence-corrected chi connectivity index (χ2v) is 9.79. The zero-order chi connectivity index (χ0) is 21.3. The lowest BCUT2D eigenvalue weighted by Crippen LogP contribution is -2.25. The Morgan fingerprint density at radius 2 is 1.83 bits per heavy atom. The first-order valence-corrected chi connectivity index (χ1v) is 11.7. The topological polar surface area (TPSA) is 95.5 Å². The molecule has 0 saturated carbocycles. The molecule has 0 amide bonds. The molecule has 0 fully saturated rings. The summed E-state index contributed by atoms with van der Waals surface area (Å²) in [6, 6.07) is 9.08. The van der Waals surface area contributed by atoms with Gasteiger partial charge in [-0.15, -0.1) is 12.4 Å². The summed E-state index contributed by atoms with van der Waals surface area (Å²) in [7, 11) is -1.71. The van der Waals surface area contributed by atoms with Crippen LogP contribution in [0.3, 0.4) is 0 Å². The minimum Gasteiger partial charge on any atom is -0.481 e. The SMILES string of the molecule is CN[C@H]1CC[C@@H](c2ccc(Cl)c(Cl)c2)c2cc(CC(=O)O)c(NS(C)(=O)=O)cc21.Cl. The van der Waals surface area contributed by atoms with Gasteiger partial charge >= 0.3 is 5.97 Å². The van der Waals surface area contributed by atoms with Crippen molar-refractivity contribution in [1.29, 1.82) is 0 Å². The number of nitrogens with one attached hydrogen (secondary N) is 2. The van der Waals surface area contributed by atoms with Crippen molar-refractivity contribution < 1.29 is 18.3 Å². The summed E-state index contributed by atoms with van der Waals surface area (Å²) in [6.45, 7) is 0. The van der Waals surface area contributed by atoms with E-state index in [-0.39, 0.29) is 30.8 Å². The van der Waals surface area contributed by atoms with Crippen molar-refractivity contribution in [2.75, 3.05) is 18.0 Å². The third-order valence-corrected chi connectivity index (χ3v) is 6.46. The molecule has 3 N–H and O–H groups in total. The summed E-state index contributed by atoms with van der Waals surface area (Å²) in [6.07, 6.45) is 2.43. The fourth-order valence-electron chi connectivity index (χ4n) is 3.91. The average Bonchev–Trinajstić information content (AvgIpc) is 2.62. The molecule has 3 rings (SSSR count). The van der Waals surface area contributed by atoms with Crippen molar-refractivity contribution in [2.45, 2.75) is 31.2 Å². The van der Waals surface area contributed by atoms with Crippen LogP contribution in [0.15, 0.2) is 30.3 Å². The van der Waals surface area contributed by atoms with Crippen LogP contribution in [0.25, 0.3) is 0 Å². The van der Waals surface area contributed by atoms with Gasteiger partial charge < -0.3 is 10.4 Å². The van der Waals surface area contributed by atoms with Crippen molar-refractivity contribution in [3.05, 3.63) is 62.6 Å². The highest BCUT2D eigenvalue weighted by atomic mass is 35.5. The number of benzene rings is 2. The standard InChI is InChI=1S/C20H22Cl2N2O4S.ClH/c1-23-18-6-4-13(11-3-5-16(21)17(22)8-11)14-7-12(9-20(25)26)19(10-15(14)18)24-29(2,27)28;/h3,5,7-8,10,13,18,23-24H,4,6,9H2,1-2H3,(H,25,26);1H/t13-,18-;/m0./s1. The Kier molecular flexibility index (Phi) is 8.04. The van der Waals surface area contributed by atoms with Gasteiger partial charge in [-0.3, -0.25) is 9.52 Å². The summed E-state index contributed by atoms with van der Waals surface area (Å²) >= 11 is 12.3. The Bertz CT molecular complexity index is 1060. The largest absolute Gasteiger partial charge is 0.481 e. The summed E-state index contributed by atoms with van der Waals surface area (Å²) in [5.41, 5.74) is 3.60. The minimum atomic E-state index is -3.56. The monoisotopic (exact) mass is 492 g/mol. The van der Waals surface area contributed by atoms with E-state index >= 15 is 0 Å². The Hall–Kier alpha value is -1.51. The van der Waals surface area contributed by atoms with Crippen LogP contribution in [0.1, 0.15) is 47.1 Å². The molecule has 6 nitrogen and oxygen atoms in total. The van der Waals surface area contributed by atoms with Gasteiger partial charge in [-0.25, -0.2) is 8.42 Å². The Morgan fingerprint density at radius 3 is 2.40 bits per heavy atom. The number of hydrogen-bond acceptors (Lipinski definition) is 4. The first-order valence-electron chi connectivity index (χ1n) is 9.07. The molecule has 2 aromatic rings. The number of halogens is 3. The molecule has 2 atom stereocenters. The van der Waals surface area contributed by atoms with Gasteiger partial charge in [-0.1, -0.05) is 35.3 Å². The van der Waals surface area contributed by atoms with Crippen LogP contribution in [0.5, 0.6) is 0 Å². The number of aliphatic carboxylic acids is 1. The summed E-state index contributed by atoms with van der Waals surface area (Å²) in [4.78, 5) is 11.4. The Morgan fingerprint density at radius 1 is 1.13 bits per heavy atom. The lowest BCUT2D eigenvalue weighted by molar-refractivity contribution is -0.136. The second-order valence-electron chi connectivity index (χ2n) is 7.23. The number of fused-ring (bicyclic) bond motifs is 1. The van der Waals surface area contributed by atoms with E-state index in [2.05, 4.69) is 10.0 Å². The first-order chi connectivity index (χ1) is 13.6. The minimum absolute atomic E-state index is 0. The van der Waals surface area contributed by atoms with E-state index in [1.807, 2.05) is 19.2 Å². The fourth-order valence-corrected chi connectivity index (χ4v) is 4.80. The number of carbonyl (C=O) groups is 1. The van der Waals surface area contributed by atoms with Crippen LogP contribution < -0.4 is 10.0 Å². The van der Waals surface area contributed by atoms with Gasteiger partial charge in [0.1, 0.15) is 0 Å². The molecule has 0 saturated heterocycles. The smallest absolute Gasteiger partial charge is 0.307 e. The van der Waals surface area contributed by atoms with Crippen LogP contribution in [0.2, 0.25) is 10.0 Å². The van der Waals surface area contributed by atoms with Gasteiger partial charge in [0.25, 0.3) is 0 Å². The molecule has 1 aliphatic rings. The first kappa shape index (κ1) is 24.8. The van der Waals surface area contributed by atoms with E-state index in [1.165, 1.54) is 0 Å². The molecule has 0 aliphatic heterocycles. The van der Waals surface area contributed by atoms with Crippen LogP contribution >= 0.6 is 35.6 Å². The van der Waals surface area contributed by atoms with Crippen LogP contribution in [-0.2, 0) is 21.2 Å². The number of carboxylic acids is 1. The van der Waals surface area contributed by atoms with Crippen molar-refractivity contribution >= 4 is 57.3 Å². The van der Waals surface area contributed by atoms with E-state index in [0.29, 0.717) is 21.3 Å². The van der Waals surface area contributed by atoms with Gasteiger partial charge in [0, 0.05) is 12.0 Å². The molecule has 164 valence electrons. The van der Waals surface area contributed by atoms with Gasteiger partial charge in [0.15, 0.2) is 0 Å². The molecular formula is C20H23Cl3N2O4S. The quantitative estimate of drug-likeness (QED) is 0.546. The van der Waals surface area contributed by atoms with Crippen LogP contribution in [0, 0.1) is 0 Å². The van der Waals surface area contributed by atoms with Gasteiger partial charge in [0.2, 0.25) is 10.0 Å². The molecule has 0 spiro atoms. The molecule has 0 aromatic heterocycles. The van der Waals surface area contributed by atoms with E-state index in [4.69, 9.17) is 23.2 Å². The fraction of sp³-hybridized carbons (Fsp3) is 0.350.